The molecule has 0 atom stereocenters. The van der Waals surface area contributed by atoms with Gasteiger partial charge in [0.2, 0.25) is 0 Å². The molecule has 2 heterocycles. The zero-order valence-electron chi connectivity index (χ0n) is 9.63. The highest BCUT2D eigenvalue weighted by Gasteiger charge is 2.02. The summed E-state index contributed by atoms with van der Waals surface area (Å²) >= 11 is 0. The summed E-state index contributed by atoms with van der Waals surface area (Å²) in [5, 5.41) is 4.18. The minimum Gasteiger partial charge on any atom is -0.454 e. The molecule has 0 fully saturated rings. The lowest BCUT2D eigenvalue weighted by Gasteiger charge is -2.04. The number of nitrogen functional groups attached to an aromatic ring is 1. The van der Waals surface area contributed by atoms with Crippen LogP contribution in [0.2, 0.25) is 0 Å². The molecule has 0 saturated carbocycles. The van der Waals surface area contributed by atoms with E-state index in [-0.39, 0.29) is 0 Å². The van der Waals surface area contributed by atoms with Crippen LogP contribution in [0, 0.1) is 0 Å². The molecule has 2 rings (SSSR count). The third kappa shape index (κ3) is 2.94. The summed E-state index contributed by atoms with van der Waals surface area (Å²) in [4.78, 5) is 4.00. The number of rotatable bonds is 5. The summed E-state index contributed by atoms with van der Waals surface area (Å²) in [7, 11) is 0. The van der Waals surface area contributed by atoms with Crippen LogP contribution >= 0.6 is 0 Å². The number of nitrogens with zero attached hydrogens (tertiary/aromatic N) is 3. The monoisotopic (exact) mass is 233 g/mol. The van der Waals surface area contributed by atoms with Crippen LogP contribution in [0.15, 0.2) is 30.7 Å². The maximum atomic E-state index is 5.63. The van der Waals surface area contributed by atoms with E-state index in [2.05, 4.69) is 22.4 Å². The molecule has 90 valence electrons. The third-order valence-corrected chi connectivity index (χ3v) is 2.18. The Bertz CT molecular complexity index is 482. The first-order valence-corrected chi connectivity index (χ1v) is 5.45. The number of aromatic nitrogens is 3. The van der Waals surface area contributed by atoms with Crippen LogP contribution in [0.5, 0.6) is 11.5 Å². The van der Waals surface area contributed by atoms with E-state index in [0.29, 0.717) is 17.3 Å². The number of pyridine rings is 1. The summed E-state index contributed by atoms with van der Waals surface area (Å²) in [6.45, 7) is 2.99. The van der Waals surface area contributed by atoms with Crippen molar-refractivity contribution >= 4 is 5.82 Å². The number of nitrogens with two attached hydrogens (primary N) is 1. The lowest BCUT2D eigenvalue weighted by Crippen LogP contribution is -2.08. The fraction of sp³-hybridized carbons (Fsp3) is 0.273. The maximum Gasteiger partial charge on any atom is 0.165 e. The Morgan fingerprint density at radius 1 is 1.47 bits per heavy atom. The summed E-state index contributed by atoms with van der Waals surface area (Å²) in [5.41, 5.74) is 2.47. The van der Waals surface area contributed by atoms with Crippen LogP contribution in [-0.2, 0) is 6.54 Å². The van der Waals surface area contributed by atoms with Gasteiger partial charge >= 0.3 is 0 Å². The fourth-order valence-electron chi connectivity index (χ4n) is 1.44. The first kappa shape index (κ1) is 11.4. The number of hydrazine groups is 1. The average molecular weight is 233 g/mol. The predicted octanol–water partition coefficient (Wildman–Crippen LogP) is 1.77. The Labute approximate surface area is 99.4 Å². The van der Waals surface area contributed by atoms with Gasteiger partial charge in [-0.05, 0) is 12.5 Å². The molecule has 0 amide bonds. The first-order valence-electron chi connectivity index (χ1n) is 5.45. The van der Waals surface area contributed by atoms with E-state index < -0.39 is 0 Å². The van der Waals surface area contributed by atoms with E-state index in [9.17, 15) is 0 Å². The number of ether oxygens (including phenoxy) is 1. The predicted molar refractivity (Wildman–Crippen MR) is 64.6 cm³/mol. The summed E-state index contributed by atoms with van der Waals surface area (Å²) < 4.78 is 7.47. The molecule has 0 saturated heterocycles. The summed E-state index contributed by atoms with van der Waals surface area (Å²) in [6, 6.07) is 3.48. The molecule has 0 aliphatic rings. The van der Waals surface area contributed by atoms with Gasteiger partial charge in [-0.25, -0.2) is 10.8 Å². The third-order valence-electron chi connectivity index (χ3n) is 2.18. The van der Waals surface area contributed by atoms with Gasteiger partial charge in [0.25, 0.3) is 0 Å². The molecule has 0 unspecified atom stereocenters. The molecule has 2 aromatic heterocycles. The summed E-state index contributed by atoms with van der Waals surface area (Å²) in [6.07, 6.45) is 6.21. The van der Waals surface area contributed by atoms with Gasteiger partial charge in [0, 0.05) is 18.8 Å². The SMILES string of the molecule is CCCn1cc(Oc2ccnc(NN)c2)cn1. The van der Waals surface area contributed by atoms with Crippen molar-refractivity contribution in [2.24, 2.45) is 5.84 Å². The minimum absolute atomic E-state index is 0.559. The molecule has 0 radical (unpaired) electrons. The maximum absolute atomic E-state index is 5.63. The Morgan fingerprint density at radius 3 is 3.12 bits per heavy atom. The van der Waals surface area contributed by atoms with Crippen molar-refractivity contribution in [3.63, 3.8) is 0 Å². The van der Waals surface area contributed by atoms with Gasteiger partial charge in [0.15, 0.2) is 5.75 Å². The molecule has 17 heavy (non-hydrogen) atoms. The zero-order valence-corrected chi connectivity index (χ0v) is 9.63. The van der Waals surface area contributed by atoms with Crippen LogP contribution in [0.1, 0.15) is 13.3 Å². The molecule has 6 heteroatoms. The van der Waals surface area contributed by atoms with E-state index in [1.165, 1.54) is 0 Å². The quantitative estimate of drug-likeness (QED) is 0.607. The van der Waals surface area contributed by atoms with Crippen molar-refractivity contribution in [2.75, 3.05) is 5.43 Å². The smallest absolute Gasteiger partial charge is 0.165 e. The van der Waals surface area contributed by atoms with Crippen LogP contribution in [0.3, 0.4) is 0 Å². The first-order chi connectivity index (χ1) is 8.31. The van der Waals surface area contributed by atoms with E-state index in [4.69, 9.17) is 10.6 Å². The normalized spacial score (nSPS) is 10.2. The zero-order chi connectivity index (χ0) is 12.1. The minimum atomic E-state index is 0.559. The Morgan fingerprint density at radius 2 is 2.35 bits per heavy atom. The van der Waals surface area contributed by atoms with E-state index in [0.717, 1.165) is 13.0 Å². The van der Waals surface area contributed by atoms with E-state index in [1.807, 2.05) is 10.9 Å². The average Bonchev–Trinajstić information content (AvgIpc) is 2.77. The number of hydrogen-bond acceptors (Lipinski definition) is 5. The molecule has 3 N–H and O–H groups in total. The second-order valence-corrected chi connectivity index (χ2v) is 3.56. The molecule has 0 aliphatic heterocycles. The van der Waals surface area contributed by atoms with Crippen molar-refractivity contribution in [1.82, 2.24) is 14.8 Å². The van der Waals surface area contributed by atoms with E-state index in [1.54, 1.807) is 24.5 Å². The number of anilines is 1. The molecule has 2 aromatic rings. The Kier molecular flexibility index (Phi) is 3.56. The molecule has 6 nitrogen and oxygen atoms in total. The van der Waals surface area contributed by atoms with Gasteiger partial charge in [-0.15, -0.1) is 0 Å². The fourth-order valence-corrected chi connectivity index (χ4v) is 1.44. The number of nitrogens with one attached hydrogen (secondary N) is 1. The largest absolute Gasteiger partial charge is 0.454 e. The van der Waals surface area contributed by atoms with Crippen molar-refractivity contribution in [3.8, 4) is 11.5 Å². The molecular weight excluding hydrogens is 218 g/mol. The van der Waals surface area contributed by atoms with Crippen molar-refractivity contribution < 1.29 is 4.74 Å². The molecule has 0 aromatic carbocycles. The molecule has 0 bridgehead atoms. The second kappa shape index (κ2) is 5.31. The van der Waals surface area contributed by atoms with Crippen LogP contribution < -0.4 is 16.0 Å². The lowest BCUT2D eigenvalue weighted by atomic mass is 10.4. The Balaban J connectivity index is 2.08. The number of aryl methyl sites for hydroxylation is 1. The van der Waals surface area contributed by atoms with Gasteiger partial charge in [-0.1, -0.05) is 6.92 Å². The van der Waals surface area contributed by atoms with Gasteiger partial charge in [0.05, 0.1) is 12.4 Å². The molecule has 0 spiro atoms. The van der Waals surface area contributed by atoms with Crippen LogP contribution in [0.4, 0.5) is 5.82 Å². The van der Waals surface area contributed by atoms with E-state index >= 15 is 0 Å². The number of hydrogen-bond donors (Lipinski definition) is 2. The highest BCUT2D eigenvalue weighted by Crippen LogP contribution is 2.21. The Hall–Kier alpha value is -2.08. The standard InChI is InChI=1S/C11H15N5O/c1-2-5-16-8-10(7-14-16)17-9-3-4-13-11(6-9)15-12/h3-4,6-8H,2,5,12H2,1H3,(H,13,15). The summed E-state index contributed by atoms with van der Waals surface area (Å²) in [5.74, 6) is 7.20. The van der Waals surface area contributed by atoms with Crippen LogP contribution in [0.25, 0.3) is 0 Å². The van der Waals surface area contributed by atoms with Crippen molar-refractivity contribution in [2.45, 2.75) is 19.9 Å². The second-order valence-electron chi connectivity index (χ2n) is 3.56. The lowest BCUT2D eigenvalue weighted by molar-refractivity contribution is 0.480. The topological polar surface area (TPSA) is 78.0 Å². The van der Waals surface area contributed by atoms with Gasteiger partial charge < -0.3 is 10.2 Å². The van der Waals surface area contributed by atoms with Crippen LogP contribution in [-0.4, -0.2) is 14.8 Å². The van der Waals surface area contributed by atoms with Crippen molar-refractivity contribution in [1.29, 1.82) is 0 Å². The highest BCUT2D eigenvalue weighted by atomic mass is 16.5. The highest BCUT2D eigenvalue weighted by molar-refractivity contribution is 5.40. The van der Waals surface area contributed by atoms with Crippen molar-refractivity contribution in [3.05, 3.63) is 30.7 Å². The van der Waals surface area contributed by atoms with Gasteiger partial charge in [0.1, 0.15) is 11.6 Å². The van der Waals surface area contributed by atoms with Gasteiger partial charge in [-0.3, -0.25) is 4.68 Å². The van der Waals surface area contributed by atoms with Gasteiger partial charge in [-0.2, -0.15) is 5.10 Å². The molecule has 0 aliphatic carbocycles. The molecular formula is C11H15N5O.